The molecule has 0 radical (unpaired) electrons. The van der Waals surface area contributed by atoms with Crippen molar-refractivity contribution in [2.24, 2.45) is 0 Å². The van der Waals surface area contributed by atoms with E-state index in [1.807, 2.05) is 23.1 Å². The van der Waals surface area contributed by atoms with E-state index in [1.54, 1.807) is 6.07 Å². The largest absolute Gasteiger partial charge is 0.416 e. The Hall–Kier alpha value is -3.36. The van der Waals surface area contributed by atoms with Crippen molar-refractivity contribution in [1.29, 1.82) is 0 Å². The second-order valence-electron chi connectivity index (χ2n) is 6.33. The molecular formula is C19H15F3N4O2. The first-order valence-corrected chi connectivity index (χ1v) is 8.54. The molecule has 1 aliphatic heterocycles. The Morgan fingerprint density at radius 1 is 1.14 bits per heavy atom. The van der Waals surface area contributed by atoms with E-state index >= 15 is 0 Å². The number of alkyl halides is 3. The lowest BCUT2D eigenvalue weighted by Gasteiger charge is -2.21. The zero-order valence-corrected chi connectivity index (χ0v) is 14.5. The third-order valence-electron chi connectivity index (χ3n) is 4.37. The van der Waals surface area contributed by atoms with Gasteiger partial charge in [0.25, 0.3) is 0 Å². The lowest BCUT2D eigenvalue weighted by Crippen LogP contribution is -2.24. The van der Waals surface area contributed by atoms with Crippen LogP contribution in [0.5, 0.6) is 0 Å². The van der Waals surface area contributed by atoms with Crippen LogP contribution in [0.3, 0.4) is 0 Å². The number of benzene rings is 2. The van der Waals surface area contributed by atoms with Crippen molar-refractivity contribution < 1.29 is 22.5 Å². The van der Waals surface area contributed by atoms with Crippen LogP contribution in [0.2, 0.25) is 0 Å². The van der Waals surface area contributed by atoms with Gasteiger partial charge in [0.2, 0.25) is 17.6 Å². The first-order chi connectivity index (χ1) is 13.4. The molecule has 0 unspecified atom stereocenters. The van der Waals surface area contributed by atoms with Crippen molar-refractivity contribution in [3.8, 4) is 11.4 Å². The maximum atomic E-state index is 12.9. The number of anilines is 2. The van der Waals surface area contributed by atoms with Gasteiger partial charge in [-0.3, -0.25) is 4.79 Å². The molecule has 0 spiro atoms. The van der Waals surface area contributed by atoms with Crippen LogP contribution in [0.1, 0.15) is 17.9 Å². The molecule has 2 aromatic carbocycles. The van der Waals surface area contributed by atoms with Gasteiger partial charge >= 0.3 is 6.18 Å². The molecule has 0 aliphatic carbocycles. The summed E-state index contributed by atoms with van der Waals surface area (Å²) < 4.78 is 44.0. The van der Waals surface area contributed by atoms with Gasteiger partial charge in [-0.1, -0.05) is 29.4 Å². The number of hydrogen-bond donors (Lipinski definition) is 1. The molecule has 28 heavy (non-hydrogen) atoms. The Morgan fingerprint density at radius 3 is 2.79 bits per heavy atom. The number of halogens is 3. The minimum absolute atomic E-state index is 0.0819. The highest BCUT2D eigenvalue weighted by Gasteiger charge is 2.31. The molecule has 1 N–H and O–H groups in total. The number of carbonyl (C=O) groups is 1. The van der Waals surface area contributed by atoms with E-state index in [2.05, 4.69) is 15.5 Å². The lowest BCUT2D eigenvalue weighted by molar-refractivity contribution is -0.137. The van der Waals surface area contributed by atoms with Crippen LogP contribution in [0, 0.1) is 0 Å². The molecule has 0 fully saturated rings. The Labute approximate surface area is 158 Å². The minimum atomic E-state index is -4.45. The molecular weight excluding hydrogens is 373 g/mol. The van der Waals surface area contributed by atoms with E-state index in [-0.39, 0.29) is 29.7 Å². The van der Waals surface area contributed by atoms with Gasteiger partial charge in [0.15, 0.2) is 0 Å². The summed E-state index contributed by atoms with van der Waals surface area (Å²) in [6.07, 6.45) is -4.15. The number of para-hydroxylation sites is 2. The zero-order chi connectivity index (χ0) is 19.7. The van der Waals surface area contributed by atoms with E-state index in [9.17, 15) is 18.0 Å². The summed E-state index contributed by atoms with van der Waals surface area (Å²) in [5, 5.41) is 6.64. The molecule has 144 valence electrons. The Kier molecular flexibility index (Phi) is 4.50. The third-order valence-corrected chi connectivity index (χ3v) is 4.37. The average Bonchev–Trinajstić information content (AvgIpc) is 3.07. The summed E-state index contributed by atoms with van der Waals surface area (Å²) >= 11 is 0. The second kappa shape index (κ2) is 6.99. The maximum Gasteiger partial charge on any atom is 0.416 e. The predicted molar refractivity (Wildman–Crippen MR) is 95.5 cm³/mol. The Bertz CT molecular complexity index is 1020. The van der Waals surface area contributed by atoms with Gasteiger partial charge < -0.3 is 14.7 Å². The number of nitrogens with one attached hydrogen (secondary N) is 1. The SMILES string of the molecule is O=C1CCN(Cc2nc(-c3cccc(C(F)(F)F)c3)no2)c2ccccc2N1. The van der Waals surface area contributed by atoms with Crippen molar-refractivity contribution in [1.82, 2.24) is 10.1 Å². The normalized spacial score (nSPS) is 14.4. The van der Waals surface area contributed by atoms with Gasteiger partial charge in [-0.2, -0.15) is 18.2 Å². The molecule has 3 aromatic rings. The van der Waals surface area contributed by atoms with E-state index < -0.39 is 11.7 Å². The average molecular weight is 388 g/mol. The van der Waals surface area contributed by atoms with Gasteiger partial charge in [0.1, 0.15) is 0 Å². The number of rotatable bonds is 3. The summed E-state index contributed by atoms with van der Waals surface area (Å²) in [6.45, 7) is 0.683. The monoisotopic (exact) mass is 388 g/mol. The van der Waals surface area contributed by atoms with Crippen molar-refractivity contribution >= 4 is 17.3 Å². The first-order valence-electron chi connectivity index (χ1n) is 8.54. The third kappa shape index (κ3) is 3.68. The molecule has 9 heteroatoms. The number of fused-ring (bicyclic) bond motifs is 1. The molecule has 1 aliphatic rings. The molecule has 0 saturated carbocycles. The van der Waals surface area contributed by atoms with Crippen LogP contribution in [0.25, 0.3) is 11.4 Å². The van der Waals surface area contributed by atoms with E-state index in [4.69, 9.17) is 4.52 Å². The summed E-state index contributed by atoms with van der Waals surface area (Å²) in [6, 6.07) is 12.1. The van der Waals surface area contributed by atoms with Crippen molar-refractivity contribution in [3.05, 3.63) is 60.0 Å². The van der Waals surface area contributed by atoms with Gasteiger partial charge in [-0.15, -0.1) is 0 Å². The summed E-state index contributed by atoms with van der Waals surface area (Å²) in [5.41, 5.74) is 0.940. The van der Waals surface area contributed by atoms with Gasteiger partial charge in [0, 0.05) is 18.5 Å². The molecule has 1 aromatic heterocycles. The van der Waals surface area contributed by atoms with Crippen molar-refractivity contribution in [2.45, 2.75) is 19.1 Å². The highest BCUT2D eigenvalue weighted by Crippen LogP contribution is 2.32. The highest BCUT2D eigenvalue weighted by atomic mass is 19.4. The van der Waals surface area contributed by atoms with Crippen LogP contribution in [0.4, 0.5) is 24.5 Å². The smallest absolute Gasteiger partial charge is 0.360 e. The topological polar surface area (TPSA) is 71.3 Å². The summed E-state index contributed by atoms with van der Waals surface area (Å²) in [7, 11) is 0. The van der Waals surface area contributed by atoms with Crippen LogP contribution < -0.4 is 10.2 Å². The lowest BCUT2D eigenvalue weighted by atomic mass is 10.1. The fourth-order valence-corrected chi connectivity index (χ4v) is 3.02. The van der Waals surface area contributed by atoms with E-state index in [0.717, 1.165) is 17.8 Å². The fraction of sp³-hybridized carbons (Fsp3) is 0.211. The Balaban J connectivity index is 1.58. The Morgan fingerprint density at radius 2 is 1.96 bits per heavy atom. The maximum absolute atomic E-state index is 12.9. The standard InChI is InChI=1S/C19H15F3N4O2/c20-19(21,22)13-5-3-4-12(10-13)18-24-17(28-25-18)11-26-9-8-16(27)23-14-6-1-2-7-15(14)26/h1-7,10H,8-9,11H2,(H,23,27). The molecule has 1 amide bonds. The number of amides is 1. The van der Waals surface area contributed by atoms with Crippen LogP contribution >= 0.6 is 0 Å². The van der Waals surface area contributed by atoms with Crippen molar-refractivity contribution in [3.63, 3.8) is 0 Å². The highest BCUT2D eigenvalue weighted by molar-refractivity contribution is 5.96. The zero-order valence-electron chi connectivity index (χ0n) is 14.5. The summed E-state index contributed by atoms with van der Waals surface area (Å²) in [5.74, 6) is 0.236. The number of aromatic nitrogens is 2. The van der Waals surface area contributed by atoms with Gasteiger partial charge in [0.05, 0.1) is 23.5 Å². The molecule has 0 atom stereocenters. The minimum Gasteiger partial charge on any atom is -0.360 e. The molecule has 2 heterocycles. The van der Waals surface area contributed by atoms with Crippen LogP contribution in [0.15, 0.2) is 53.1 Å². The second-order valence-corrected chi connectivity index (χ2v) is 6.33. The van der Waals surface area contributed by atoms with Crippen LogP contribution in [-0.2, 0) is 17.5 Å². The predicted octanol–water partition coefficient (Wildman–Crippen LogP) is 4.10. The number of carbonyl (C=O) groups excluding carboxylic acids is 1. The number of nitrogens with zero attached hydrogens (tertiary/aromatic N) is 3. The number of hydrogen-bond acceptors (Lipinski definition) is 5. The van der Waals surface area contributed by atoms with Gasteiger partial charge in [-0.25, -0.2) is 0 Å². The van der Waals surface area contributed by atoms with Crippen LogP contribution in [-0.4, -0.2) is 22.6 Å². The summed E-state index contributed by atoms with van der Waals surface area (Å²) in [4.78, 5) is 18.0. The quantitative estimate of drug-likeness (QED) is 0.731. The molecule has 0 bridgehead atoms. The van der Waals surface area contributed by atoms with E-state index in [1.165, 1.54) is 12.1 Å². The van der Waals surface area contributed by atoms with Gasteiger partial charge in [-0.05, 0) is 24.3 Å². The van der Waals surface area contributed by atoms with Crippen molar-refractivity contribution in [2.75, 3.05) is 16.8 Å². The molecule has 4 rings (SSSR count). The first kappa shape index (κ1) is 18.0. The fourth-order valence-electron chi connectivity index (χ4n) is 3.02. The molecule has 6 nitrogen and oxygen atoms in total. The van der Waals surface area contributed by atoms with E-state index in [0.29, 0.717) is 18.7 Å². The molecule has 0 saturated heterocycles.